The molecular weight excluding hydrogens is 365 g/mol. The van der Waals surface area contributed by atoms with Gasteiger partial charge in [-0.3, -0.25) is 4.79 Å². The number of anilines is 1. The molecule has 2 aromatic carbocycles. The first-order chi connectivity index (χ1) is 8.56. The fourth-order valence-corrected chi connectivity index (χ4v) is 1.94. The fourth-order valence-electron chi connectivity index (χ4n) is 1.42. The van der Waals surface area contributed by atoms with Gasteiger partial charge in [0.1, 0.15) is 5.75 Å². The minimum atomic E-state index is -0.265. The van der Waals surface area contributed by atoms with Crippen LogP contribution in [0.15, 0.2) is 42.5 Å². The van der Waals surface area contributed by atoms with Crippen LogP contribution >= 0.6 is 34.2 Å². The number of carbonyl (C=O) groups is 1. The normalized spacial score (nSPS) is 10.1. The fraction of sp³-hybridized carbons (Fsp3) is 0. The standard InChI is InChI=1S/C13H9ClINO2/c14-11-6-8(4-5-12(11)15)13(18)16-9-2-1-3-10(17)7-9/h1-7,17H,(H,16,18). The molecule has 2 N–H and O–H groups in total. The van der Waals surface area contributed by atoms with Gasteiger partial charge in [0.25, 0.3) is 5.91 Å². The smallest absolute Gasteiger partial charge is 0.255 e. The van der Waals surface area contributed by atoms with E-state index in [-0.39, 0.29) is 11.7 Å². The number of nitrogens with one attached hydrogen (secondary N) is 1. The highest BCUT2D eigenvalue weighted by molar-refractivity contribution is 14.1. The van der Waals surface area contributed by atoms with Crippen molar-refractivity contribution in [3.63, 3.8) is 0 Å². The molecule has 0 atom stereocenters. The first kappa shape index (κ1) is 13.2. The third-order valence-electron chi connectivity index (χ3n) is 2.29. The first-order valence-corrected chi connectivity index (χ1v) is 6.57. The number of phenols is 1. The van der Waals surface area contributed by atoms with Crippen LogP contribution in [0.1, 0.15) is 10.4 Å². The third-order valence-corrected chi connectivity index (χ3v) is 3.86. The summed E-state index contributed by atoms with van der Waals surface area (Å²) in [5, 5.41) is 12.5. The molecule has 0 aromatic heterocycles. The molecule has 0 bridgehead atoms. The summed E-state index contributed by atoms with van der Waals surface area (Å²) in [7, 11) is 0. The molecule has 0 aliphatic rings. The maximum Gasteiger partial charge on any atom is 0.255 e. The van der Waals surface area contributed by atoms with Crippen molar-refractivity contribution in [1.29, 1.82) is 0 Å². The highest BCUT2D eigenvalue weighted by Gasteiger charge is 2.08. The third kappa shape index (κ3) is 3.14. The van der Waals surface area contributed by atoms with Gasteiger partial charge >= 0.3 is 0 Å². The Morgan fingerprint density at radius 1 is 1.22 bits per heavy atom. The van der Waals surface area contributed by atoms with E-state index in [1.807, 2.05) is 0 Å². The molecular formula is C13H9ClINO2. The molecule has 1 amide bonds. The van der Waals surface area contributed by atoms with Gasteiger partial charge in [-0.2, -0.15) is 0 Å². The SMILES string of the molecule is O=C(Nc1cccc(O)c1)c1ccc(I)c(Cl)c1. The Balaban J connectivity index is 2.19. The second kappa shape index (κ2) is 5.58. The molecule has 3 nitrogen and oxygen atoms in total. The lowest BCUT2D eigenvalue weighted by Gasteiger charge is -2.06. The summed E-state index contributed by atoms with van der Waals surface area (Å²) in [6.07, 6.45) is 0. The molecule has 18 heavy (non-hydrogen) atoms. The van der Waals surface area contributed by atoms with Crippen molar-refractivity contribution in [2.45, 2.75) is 0 Å². The zero-order valence-electron chi connectivity index (χ0n) is 9.15. The summed E-state index contributed by atoms with van der Waals surface area (Å²) in [5.41, 5.74) is 1.01. The van der Waals surface area contributed by atoms with E-state index in [0.717, 1.165) is 3.57 Å². The second-order valence-corrected chi connectivity index (χ2v) is 5.20. The van der Waals surface area contributed by atoms with E-state index in [9.17, 15) is 9.90 Å². The van der Waals surface area contributed by atoms with E-state index in [0.29, 0.717) is 16.3 Å². The second-order valence-electron chi connectivity index (χ2n) is 3.63. The van der Waals surface area contributed by atoms with Crippen LogP contribution in [0.3, 0.4) is 0 Å². The number of amides is 1. The number of rotatable bonds is 2. The van der Waals surface area contributed by atoms with E-state index in [4.69, 9.17) is 11.6 Å². The van der Waals surface area contributed by atoms with Gasteiger partial charge in [0.05, 0.1) is 5.02 Å². The molecule has 0 radical (unpaired) electrons. The van der Waals surface area contributed by atoms with Gasteiger partial charge in [0, 0.05) is 20.9 Å². The number of benzene rings is 2. The van der Waals surface area contributed by atoms with Crippen LogP contribution in [0.2, 0.25) is 5.02 Å². The van der Waals surface area contributed by atoms with Crippen LogP contribution in [-0.2, 0) is 0 Å². The van der Waals surface area contributed by atoms with E-state index in [2.05, 4.69) is 27.9 Å². The Hall–Kier alpha value is -1.27. The van der Waals surface area contributed by atoms with E-state index >= 15 is 0 Å². The Labute approximate surface area is 123 Å². The van der Waals surface area contributed by atoms with Gasteiger partial charge in [0.2, 0.25) is 0 Å². The highest BCUT2D eigenvalue weighted by Crippen LogP contribution is 2.21. The van der Waals surface area contributed by atoms with Crippen molar-refractivity contribution >= 4 is 45.8 Å². The summed E-state index contributed by atoms with van der Waals surface area (Å²) in [4.78, 5) is 11.9. The van der Waals surface area contributed by atoms with Crippen molar-refractivity contribution in [3.05, 3.63) is 56.6 Å². The molecule has 0 saturated carbocycles. The van der Waals surface area contributed by atoms with E-state index < -0.39 is 0 Å². The number of hydrogen-bond acceptors (Lipinski definition) is 2. The molecule has 0 unspecified atom stereocenters. The van der Waals surface area contributed by atoms with Gasteiger partial charge in [-0.1, -0.05) is 17.7 Å². The topological polar surface area (TPSA) is 49.3 Å². The van der Waals surface area contributed by atoms with Crippen LogP contribution < -0.4 is 5.32 Å². The lowest BCUT2D eigenvalue weighted by Crippen LogP contribution is -2.11. The van der Waals surface area contributed by atoms with E-state index in [1.165, 1.54) is 12.1 Å². The van der Waals surface area contributed by atoms with Crippen molar-refractivity contribution in [2.24, 2.45) is 0 Å². The molecule has 0 heterocycles. The van der Waals surface area contributed by atoms with Gasteiger partial charge in [-0.05, 0) is 52.9 Å². The number of carbonyl (C=O) groups excluding carboxylic acids is 1. The van der Waals surface area contributed by atoms with Crippen molar-refractivity contribution in [2.75, 3.05) is 5.32 Å². The molecule has 0 aliphatic carbocycles. The number of halogens is 2. The van der Waals surface area contributed by atoms with Crippen molar-refractivity contribution in [3.8, 4) is 5.75 Å². The number of phenolic OH excluding ortho intramolecular Hbond substituents is 1. The van der Waals surface area contributed by atoms with Gasteiger partial charge in [0.15, 0.2) is 0 Å². The average Bonchev–Trinajstić information content (AvgIpc) is 2.32. The summed E-state index contributed by atoms with van der Waals surface area (Å²) < 4.78 is 0.892. The maximum atomic E-state index is 11.9. The molecule has 2 aromatic rings. The number of hydrogen-bond donors (Lipinski definition) is 2. The van der Waals surface area contributed by atoms with Gasteiger partial charge < -0.3 is 10.4 Å². The molecule has 92 valence electrons. The Morgan fingerprint density at radius 2 is 2.00 bits per heavy atom. The highest BCUT2D eigenvalue weighted by atomic mass is 127. The minimum absolute atomic E-state index is 0.105. The molecule has 0 fully saturated rings. The molecule has 2 rings (SSSR count). The van der Waals surface area contributed by atoms with Crippen LogP contribution in [0.4, 0.5) is 5.69 Å². The monoisotopic (exact) mass is 373 g/mol. The van der Waals surface area contributed by atoms with Crippen LogP contribution in [-0.4, -0.2) is 11.0 Å². The minimum Gasteiger partial charge on any atom is -0.508 e. The summed E-state index contributed by atoms with van der Waals surface area (Å²) in [6, 6.07) is 11.5. The lowest BCUT2D eigenvalue weighted by atomic mass is 10.2. The Bertz CT molecular complexity index is 601. The zero-order chi connectivity index (χ0) is 13.1. The van der Waals surface area contributed by atoms with E-state index in [1.54, 1.807) is 30.3 Å². The molecule has 5 heteroatoms. The maximum absolute atomic E-state index is 11.9. The van der Waals surface area contributed by atoms with Crippen molar-refractivity contribution < 1.29 is 9.90 Å². The average molecular weight is 374 g/mol. The van der Waals surface area contributed by atoms with Crippen LogP contribution in [0.5, 0.6) is 5.75 Å². The van der Waals surface area contributed by atoms with Gasteiger partial charge in [-0.25, -0.2) is 0 Å². The molecule has 0 spiro atoms. The Kier molecular flexibility index (Phi) is 4.08. The number of aromatic hydroxyl groups is 1. The predicted molar refractivity (Wildman–Crippen MR) is 80.2 cm³/mol. The molecule has 0 saturated heterocycles. The zero-order valence-corrected chi connectivity index (χ0v) is 12.1. The van der Waals surface area contributed by atoms with Crippen molar-refractivity contribution in [1.82, 2.24) is 0 Å². The lowest BCUT2D eigenvalue weighted by molar-refractivity contribution is 0.102. The summed E-state index contributed by atoms with van der Waals surface area (Å²) in [6.45, 7) is 0. The molecule has 0 aliphatic heterocycles. The quantitative estimate of drug-likeness (QED) is 0.784. The summed E-state index contributed by atoms with van der Waals surface area (Å²) in [5.74, 6) is -0.160. The summed E-state index contributed by atoms with van der Waals surface area (Å²) >= 11 is 8.05. The Morgan fingerprint density at radius 3 is 2.67 bits per heavy atom. The van der Waals surface area contributed by atoms with Gasteiger partial charge in [-0.15, -0.1) is 0 Å². The first-order valence-electron chi connectivity index (χ1n) is 5.12. The largest absolute Gasteiger partial charge is 0.508 e. The van der Waals surface area contributed by atoms with Crippen LogP contribution in [0.25, 0.3) is 0 Å². The predicted octanol–water partition coefficient (Wildman–Crippen LogP) is 3.90. The van der Waals surface area contributed by atoms with Crippen LogP contribution in [0, 0.1) is 3.57 Å².